The molecule has 218 valence electrons. The summed E-state index contributed by atoms with van der Waals surface area (Å²) in [6.07, 6.45) is 10.5. The highest BCUT2D eigenvalue weighted by atomic mass is 19.1. The van der Waals surface area contributed by atoms with E-state index in [1.807, 2.05) is 31.3 Å². The van der Waals surface area contributed by atoms with E-state index in [1.165, 1.54) is 74.5 Å². The van der Waals surface area contributed by atoms with E-state index >= 15 is 0 Å². The minimum absolute atomic E-state index is 0.0839. The Balaban J connectivity index is 0.000000575. The highest BCUT2D eigenvalue weighted by molar-refractivity contribution is 5.87. The molecule has 0 saturated heterocycles. The van der Waals surface area contributed by atoms with E-state index < -0.39 is 17.6 Å². The van der Waals surface area contributed by atoms with Gasteiger partial charge in [0.05, 0.1) is 13.7 Å². The molecule has 4 rings (SSSR count). The Morgan fingerprint density at radius 3 is 2.20 bits per heavy atom. The number of carbonyl (C=O) groups excluding carboxylic acids is 2. The minimum atomic E-state index is -0.596. The molecule has 0 aliphatic heterocycles. The van der Waals surface area contributed by atoms with Gasteiger partial charge in [-0.25, -0.2) is 13.6 Å². The van der Waals surface area contributed by atoms with Crippen molar-refractivity contribution in [3.63, 3.8) is 0 Å². The summed E-state index contributed by atoms with van der Waals surface area (Å²) >= 11 is 0. The lowest BCUT2D eigenvalue weighted by Crippen LogP contribution is -2.21. The molecule has 3 aromatic carbocycles. The van der Waals surface area contributed by atoms with Crippen LogP contribution >= 0.6 is 0 Å². The van der Waals surface area contributed by atoms with Gasteiger partial charge in [0.1, 0.15) is 11.6 Å². The predicted molar refractivity (Wildman–Crippen MR) is 163 cm³/mol. The number of methoxy groups -OCH3 is 1. The maximum atomic E-state index is 14.9. The molecule has 7 heteroatoms. The summed E-state index contributed by atoms with van der Waals surface area (Å²) in [5.41, 5.74) is 3.54. The Kier molecular flexibility index (Phi) is 12.1. The van der Waals surface area contributed by atoms with Crippen LogP contribution in [0.5, 0.6) is 0 Å². The molecule has 1 amide bonds. The van der Waals surface area contributed by atoms with Crippen molar-refractivity contribution in [3.05, 3.63) is 89.5 Å². The molecule has 0 N–H and O–H groups in total. The second-order valence-corrected chi connectivity index (χ2v) is 10.4. The first-order chi connectivity index (χ1) is 19.7. The van der Waals surface area contributed by atoms with E-state index in [0.29, 0.717) is 17.5 Å². The molecule has 3 aromatic rings. The van der Waals surface area contributed by atoms with E-state index in [9.17, 15) is 18.4 Å². The highest BCUT2D eigenvalue weighted by Gasteiger charge is 2.13. The molecule has 0 atom stereocenters. The van der Waals surface area contributed by atoms with E-state index in [0.717, 1.165) is 29.8 Å². The van der Waals surface area contributed by atoms with Gasteiger partial charge in [-0.2, -0.15) is 0 Å². The predicted octanol–water partition coefficient (Wildman–Crippen LogP) is 8.02. The SMILES string of the molecule is CC1CCCCC1.CCN(C)c1ccc(-c2ccc(CN(C=O)c3cc(F)cc(/C=C/C(=O)OC)c3)c(F)c2)cc1. The molecular formula is C34H40F2N2O3. The second kappa shape index (κ2) is 15.7. The largest absolute Gasteiger partial charge is 0.466 e. The summed E-state index contributed by atoms with van der Waals surface area (Å²) in [6.45, 7) is 5.22. The smallest absolute Gasteiger partial charge is 0.330 e. The normalized spacial score (nSPS) is 13.3. The molecule has 1 aliphatic rings. The number of carbonyl (C=O) groups is 2. The molecule has 1 aliphatic carbocycles. The number of benzene rings is 3. The van der Waals surface area contributed by atoms with Crippen molar-refractivity contribution in [2.75, 3.05) is 30.5 Å². The molecule has 0 heterocycles. The zero-order valence-corrected chi connectivity index (χ0v) is 24.4. The first-order valence-electron chi connectivity index (χ1n) is 14.1. The van der Waals surface area contributed by atoms with Crippen LogP contribution in [0.4, 0.5) is 20.2 Å². The van der Waals surface area contributed by atoms with Gasteiger partial charge < -0.3 is 14.5 Å². The lowest BCUT2D eigenvalue weighted by Gasteiger charge is -2.19. The van der Waals surface area contributed by atoms with Crippen molar-refractivity contribution in [2.45, 2.75) is 52.5 Å². The van der Waals surface area contributed by atoms with Crippen molar-refractivity contribution < 1.29 is 23.1 Å². The van der Waals surface area contributed by atoms with Gasteiger partial charge in [-0.05, 0) is 72.0 Å². The molecular weight excluding hydrogens is 522 g/mol. The van der Waals surface area contributed by atoms with Crippen molar-refractivity contribution in [3.8, 4) is 11.1 Å². The van der Waals surface area contributed by atoms with Crippen LogP contribution in [0.15, 0.2) is 66.7 Å². The quantitative estimate of drug-likeness (QED) is 0.151. The van der Waals surface area contributed by atoms with Gasteiger partial charge in [-0.15, -0.1) is 0 Å². The average molecular weight is 563 g/mol. The van der Waals surface area contributed by atoms with Crippen molar-refractivity contribution in [1.82, 2.24) is 0 Å². The zero-order chi connectivity index (χ0) is 29.8. The van der Waals surface area contributed by atoms with Crippen LogP contribution in [0.25, 0.3) is 17.2 Å². The summed E-state index contributed by atoms with van der Waals surface area (Å²) < 4.78 is 33.6. The summed E-state index contributed by atoms with van der Waals surface area (Å²) in [6, 6.07) is 16.6. The molecule has 0 bridgehead atoms. The number of esters is 1. The van der Waals surface area contributed by atoms with E-state index in [2.05, 4.69) is 23.5 Å². The molecule has 0 radical (unpaired) electrons. The lowest BCUT2D eigenvalue weighted by molar-refractivity contribution is -0.134. The molecule has 1 fully saturated rings. The standard InChI is InChI=1S/C27H26F2N2O3.C7H14/c1-4-30(2)24-10-8-20(9-11-24)21-6-7-22(26(29)15-21)17-31(18-32)25-14-19(13-23(28)16-25)5-12-27(33)34-3;1-7-5-3-2-4-6-7/h5-16,18H,4,17H2,1-3H3;7H,2-6H2,1H3/b12-5+;. The Morgan fingerprint density at radius 1 is 0.951 bits per heavy atom. The van der Waals surface area contributed by atoms with Crippen molar-refractivity contribution in [2.24, 2.45) is 5.92 Å². The van der Waals surface area contributed by atoms with Crippen LogP contribution < -0.4 is 9.80 Å². The number of hydrogen-bond acceptors (Lipinski definition) is 4. The van der Waals surface area contributed by atoms with Crippen LogP contribution in [0, 0.1) is 17.6 Å². The van der Waals surface area contributed by atoms with Crippen LogP contribution in [0.1, 0.15) is 57.1 Å². The molecule has 41 heavy (non-hydrogen) atoms. The summed E-state index contributed by atoms with van der Waals surface area (Å²) in [5, 5.41) is 0. The van der Waals surface area contributed by atoms with Gasteiger partial charge in [0.15, 0.2) is 0 Å². The third-order valence-corrected chi connectivity index (χ3v) is 7.38. The number of nitrogens with zero attached hydrogens (tertiary/aromatic N) is 2. The van der Waals surface area contributed by atoms with Crippen molar-refractivity contribution in [1.29, 1.82) is 0 Å². The van der Waals surface area contributed by atoms with Gasteiger partial charge in [0.2, 0.25) is 6.41 Å². The fourth-order valence-corrected chi connectivity index (χ4v) is 4.72. The third kappa shape index (κ3) is 9.55. The Hall–Kier alpha value is -4.00. The van der Waals surface area contributed by atoms with E-state index in [4.69, 9.17) is 0 Å². The van der Waals surface area contributed by atoms with Crippen LogP contribution in [-0.2, 0) is 20.9 Å². The number of halogens is 2. The van der Waals surface area contributed by atoms with Crippen molar-refractivity contribution >= 4 is 29.8 Å². The fourth-order valence-electron chi connectivity index (χ4n) is 4.72. The topological polar surface area (TPSA) is 49.9 Å². The minimum Gasteiger partial charge on any atom is -0.466 e. The molecule has 0 aromatic heterocycles. The average Bonchev–Trinajstić information content (AvgIpc) is 2.99. The monoisotopic (exact) mass is 562 g/mol. The second-order valence-electron chi connectivity index (χ2n) is 10.4. The summed E-state index contributed by atoms with van der Waals surface area (Å²) in [4.78, 5) is 26.3. The van der Waals surface area contributed by atoms with E-state index in [-0.39, 0.29) is 17.8 Å². The van der Waals surface area contributed by atoms with E-state index in [1.54, 1.807) is 12.1 Å². The summed E-state index contributed by atoms with van der Waals surface area (Å²) in [5.74, 6) is -0.621. The number of hydrogen-bond donors (Lipinski definition) is 0. The fraction of sp³-hybridized carbons (Fsp3) is 0.353. The molecule has 5 nitrogen and oxygen atoms in total. The Bertz CT molecular complexity index is 1320. The van der Waals surface area contributed by atoms with Crippen LogP contribution in [0.2, 0.25) is 0 Å². The van der Waals surface area contributed by atoms with Gasteiger partial charge >= 0.3 is 5.97 Å². The van der Waals surface area contributed by atoms with Gasteiger partial charge in [-0.1, -0.05) is 63.3 Å². The van der Waals surface area contributed by atoms with Crippen LogP contribution in [-0.4, -0.2) is 33.1 Å². The highest BCUT2D eigenvalue weighted by Crippen LogP contribution is 2.27. The Labute approximate surface area is 242 Å². The van der Waals surface area contributed by atoms with Gasteiger partial charge in [0, 0.05) is 36.6 Å². The van der Waals surface area contributed by atoms with Gasteiger partial charge in [-0.3, -0.25) is 4.79 Å². The first-order valence-corrected chi connectivity index (χ1v) is 14.1. The lowest BCUT2D eigenvalue weighted by atomic mass is 9.91. The van der Waals surface area contributed by atoms with Gasteiger partial charge in [0.25, 0.3) is 0 Å². The zero-order valence-electron chi connectivity index (χ0n) is 24.4. The summed E-state index contributed by atoms with van der Waals surface area (Å²) in [7, 11) is 3.23. The van der Waals surface area contributed by atoms with Crippen LogP contribution in [0.3, 0.4) is 0 Å². The number of amides is 1. The third-order valence-electron chi connectivity index (χ3n) is 7.38. The number of rotatable bonds is 9. The molecule has 0 spiro atoms. The first kappa shape index (κ1) is 31.5. The molecule has 0 unspecified atom stereocenters. The molecule has 1 saturated carbocycles. The maximum Gasteiger partial charge on any atom is 0.330 e. The Morgan fingerprint density at radius 2 is 1.63 bits per heavy atom. The number of ether oxygens (including phenoxy) is 1. The maximum absolute atomic E-state index is 14.9. The number of anilines is 2.